The molecule has 13 heavy (non-hydrogen) atoms. The number of hydrogen-bond donors (Lipinski definition) is 2. The van der Waals surface area contributed by atoms with Crippen LogP contribution >= 0.6 is 15.9 Å². The molecular formula is C10H14BrNO. The average molecular weight is 244 g/mol. The summed E-state index contributed by atoms with van der Waals surface area (Å²) in [5, 5.41) is 9.59. The summed E-state index contributed by atoms with van der Waals surface area (Å²) < 4.78 is 1.04. The molecule has 0 radical (unpaired) electrons. The van der Waals surface area contributed by atoms with Crippen molar-refractivity contribution < 1.29 is 5.11 Å². The van der Waals surface area contributed by atoms with Gasteiger partial charge in [0.05, 0.1) is 6.10 Å². The Kier molecular flexibility index (Phi) is 3.90. The van der Waals surface area contributed by atoms with Gasteiger partial charge in [-0.05, 0) is 29.7 Å². The predicted octanol–water partition coefficient (Wildman–Crippen LogP) is 2.00. The average Bonchev–Trinajstić information content (AvgIpc) is 2.16. The highest BCUT2D eigenvalue weighted by molar-refractivity contribution is 9.10. The summed E-state index contributed by atoms with van der Waals surface area (Å²) in [5.41, 5.74) is 7.49. The van der Waals surface area contributed by atoms with Gasteiger partial charge in [-0.2, -0.15) is 0 Å². The molecule has 1 aromatic carbocycles. The van der Waals surface area contributed by atoms with Gasteiger partial charge in [0, 0.05) is 11.0 Å². The fourth-order valence-corrected chi connectivity index (χ4v) is 1.74. The third kappa shape index (κ3) is 2.53. The second kappa shape index (κ2) is 4.74. The van der Waals surface area contributed by atoms with Crippen LogP contribution in [-0.2, 0) is 6.42 Å². The van der Waals surface area contributed by atoms with Gasteiger partial charge in [-0.25, -0.2) is 0 Å². The zero-order valence-corrected chi connectivity index (χ0v) is 9.21. The van der Waals surface area contributed by atoms with E-state index in [1.165, 1.54) is 0 Å². The molecule has 0 spiro atoms. The normalized spacial score (nSPS) is 12.9. The van der Waals surface area contributed by atoms with Crippen molar-refractivity contribution in [2.75, 3.05) is 6.54 Å². The third-order valence-electron chi connectivity index (χ3n) is 2.07. The molecule has 0 saturated carbocycles. The number of benzene rings is 1. The summed E-state index contributed by atoms with van der Waals surface area (Å²) in [6.45, 7) is 2.34. The van der Waals surface area contributed by atoms with E-state index in [2.05, 4.69) is 22.9 Å². The lowest BCUT2D eigenvalue weighted by atomic mass is 10.0. The number of halogens is 1. The van der Waals surface area contributed by atoms with Crippen LogP contribution in [0.25, 0.3) is 0 Å². The van der Waals surface area contributed by atoms with E-state index in [9.17, 15) is 5.11 Å². The highest BCUT2D eigenvalue weighted by Crippen LogP contribution is 2.22. The molecule has 1 atom stereocenters. The van der Waals surface area contributed by atoms with Crippen molar-refractivity contribution in [3.8, 4) is 0 Å². The number of nitrogens with two attached hydrogens (primary N) is 1. The van der Waals surface area contributed by atoms with Gasteiger partial charge < -0.3 is 10.8 Å². The van der Waals surface area contributed by atoms with Gasteiger partial charge in [0.15, 0.2) is 0 Å². The van der Waals surface area contributed by atoms with Crippen molar-refractivity contribution in [2.45, 2.75) is 19.4 Å². The lowest BCUT2D eigenvalue weighted by molar-refractivity contribution is 0.185. The van der Waals surface area contributed by atoms with Crippen molar-refractivity contribution in [1.29, 1.82) is 0 Å². The zero-order valence-electron chi connectivity index (χ0n) is 7.63. The van der Waals surface area contributed by atoms with Crippen molar-refractivity contribution in [3.63, 3.8) is 0 Å². The standard InChI is InChI=1S/C10H14BrNO/c1-2-7-5-8(11)3-4-9(7)10(13)6-12/h3-5,10,13H,2,6,12H2,1H3. The molecule has 0 aromatic heterocycles. The van der Waals surface area contributed by atoms with Crippen LogP contribution in [-0.4, -0.2) is 11.7 Å². The van der Waals surface area contributed by atoms with Gasteiger partial charge in [0.1, 0.15) is 0 Å². The van der Waals surface area contributed by atoms with E-state index in [4.69, 9.17) is 5.73 Å². The molecule has 3 N–H and O–H groups in total. The summed E-state index contributed by atoms with van der Waals surface area (Å²) in [6, 6.07) is 5.86. The maximum Gasteiger partial charge on any atom is 0.0914 e. The molecule has 0 aliphatic carbocycles. The minimum Gasteiger partial charge on any atom is -0.387 e. The van der Waals surface area contributed by atoms with E-state index < -0.39 is 6.10 Å². The number of hydrogen-bond acceptors (Lipinski definition) is 2. The van der Waals surface area contributed by atoms with E-state index >= 15 is 0 Å². The Bertz CT molecular complexity index is 288. The van der Waals surface area contributed by atoms with Crippen molar-refractivity contribution in [3.05, 3.63) is 33.8 Å². The molecular weight excluding hydrogens is 230 g/mol. The van der Waals surface area contributed by atoms with E-state index in [1.807, 2.05) is 18.2 Å². The van der Waals surface area contributed by atoms with E-state index in [0.717, 1.165) is 22.0 Å². The van der Waals surface area contributed by atoms with Gasteiger partial charge >= 0.3 is 0 Å². The summed E-state index contributed by atoms with van der Waals surface area (Å²) in [7, 11) is 0. The molecule has 0 heterocycles. The molecule has 0 saturated heterocycles. The minimum absolute atomic E-state index is 0.272. The predicted molar refractivity (Wildman–Crippen MR) is 57.5 cm³/mol. The molecule has 0 fully saturated rings. The fourth-order valence-electron chi connectivity index (χ4n) is 1.33. The molecule has 1 aromatic rings. The second-order valence-electron chi connectivity index (χ2n) is 2.95. The third-order valence-corrected chi connectivity index (χ3v) is 2.56. The summed E-state index contributed by atoms with van der Waals surface area (Å²) >= 11 is 3.40. The van der Waals surface area contributed by atoms with Crippen LogP contribution in [0.2, 0.25) is 0 Å². The van der Waals surface area contributed by atoms with Crippen LogP contribution in [0.15, 0.2) is 22.7 Å². The van der Waals surface area contributed by atoms with E-state index in [1.54, 1.807) is 0 Å². The van der Waals surface area contributed by atoms with Crippen LogP contribution < -0.4 is 5.73 Å². The Morgan fingerprint density at radius 2 is 2.23 bits per heavy atom. The lowest BCUT2D eigenvalue weighted by Crippen LogP contribution is -2.13. The summed E-state index contributed by atoms with van der Waals surface area (Å²) in [4.78, 5) is 0. The van der Waals surface area contributed by atoms with Gasteiger partial charge in [-0.3, -0.25) is 0 Å². The Morgan fingerprint density at radius 1 is 1.54 bits per heavy atom. The molecule has 3 heteroatoms. The summed E-state index contributed by atoms with van der Waals surface area (Å²) in [5.74, 6) is 0. The molecule has 2 nitrogen and oxygen atoms in total. The van der Waals surface area contributed by atoms with E-state index in [0.29, 0.717) is 0 Å². The van der Waals surface area contributed by atoms with Gasteiger partial charge in [0.25, 0.3) is 0 Å². The quantitative estimate of drug-likeness (QED) is 0.854. The number of aliphatic hydroxyl groups excluding tert-OH is 1. The van der Waals surface area contributed by atoms with Crippen molar-refractivity contribution >= 4 is 15.9 Å². The topological polar surface area (TPSA) is 46.2 Å². The molecule has 1 unspecified atom stereocenters. The molecule has 0 aliphatic rings. The Balaban J connectivity index is 3.05. The Labute approximate surface area is 86.9 Å². The van der Waals surface area contributed by atoms with E-state index in [-0.39, 0.29) is 6.54 Å². The largest absolute Gasteiger partial charge is 0.387 e. The first-order chi connectivity index (χ1) is 6.19. The summed E-state index contributed by atoms with van der Waals surface area (Å²) in [6.07, 6.45) is 0.370. The fraction of sp³-hybridized carbons (Fsp3) is 0.400. The lowest BCUT2D eigenvalue weighted by Gasteiger charge is -2.13. The zero-order chi connectivity index (χ0) is 9.84. The smallest absolute Gasteiger partial charge is 0.0914 e. The monoisotopic (exact) mass is 243 g/mol. The van der Waals surface area contributed by atoms with Gasteiger partial charge in [0.2, 0.25) is 0 Å². The van der Waals surface area contributed by atoms with Crippen molar-refractivity contribution in [2.24, 2.45) is 5.73 Å². The molecule has 72 valence electrons. The molecule has 0 amide bonds. The first kappa shape index (κ1) is 10.7. The Hall–Kier alpha value is -0.380. The molecule has 1 rings (SSSR count). The van der Waals surface area contributed by atoms with Gasteiger partial charge in [-0.1, -0.05) is 28.9 Å². The van der Waals surface area contributed by atoms with Crippen LogP contribution in [0.3, 0.4) is 0 Å². The number of aryl methyl sites for hydroxylation is 1. The minimum atomic E-state index is -0.539. The molecule has 0 aliphatic heterocycles. The SMILES string of the molecule is CCc1cc(Br)ccc1C(O)CN. The highest BCUT2D eigenvalue weighted by Gasteiger charge is 2.09. The van der Waals surface area contributed by atoms with Crippen LogP contribution in [0.5, 0.6) is 0 Å². The van der Waals surface area contributed by atoms with Gasteiger partial charge in [-0.15, -0.1) is 0 Å². The second-order valence-corrected chi connectivity index (χ2v) is 3.86. The molecule has 0 bridgehead atoms. The highest BCUT2D eigenvalue weighted by atomic mass is 79.9. The maximum atomic E-state index is 9.59. The number of aliphatic hydroxyl groups is 1. The number of rotatable bonds is 3. The van der Waals surface area contributed by atoms with Crippen LogP contribution in [0, 0.1) is 0 Å². The van der Waals surface area contributed by atoms with Crippen LogP contribution in [0.1, 0.15) is 24.2 Å². The van der Waals surface area contributed by atoms with Crippen LogP contribution in [0.4, 0.5) is 0 Å². The first-order valence-electron chi connectivity index (χ1n) is 4.35. The first-order valence-corrected chi connectivity index (χ1v) is 5.14. The van der Waals surface area contributed by atoms with Crippen molar-refractivity contribution in [1.82, 2.24) is 0 Å². The maximum absolute atomic E-state index is 9.59. The Morgan fingerprint density at radius 3 is 2.77 bits per heavy atom.